The van der Waals surface area contributed by atoms with Gasteiger partial charge in [-0.3, -0.25) is 0 Å². The highest BCUT2D eigenvalue weighted by molar-refractivity contribution is 7.71. The Hall–Kier alpha value is -2.70. The van der Waals surface area contributed by atoms with Crippen LogP contribution in [0, 0.1) is 9.54 Å². The average Bonchev–Trinajstić information content (AvgIpc) is 3.53. The molecule has 2 aromatic carbocycles. The van der Waals surface area contributed by atoms with Gasteiger partial charge in [0.15, 0.2) is 9.54 Å². The van der Waals surface area contributed by atoms with Gasteiger partial charge in [-0.2, -0.15) is 0 Å². The van der Waals surface area contributed by atoms with Crippen molar-refractivity contribution in [1.29, 1.82) is 0 Å². The third-order valence-corrected chi connectivity index (χ3v) is 7.57. The Morgan fingerprint density at radius 3 is 1.94 bits per heavy atom. The zero-order valence-electron chi connectivity index (χ0n) is 19.5. The lowest BCUT2D eigenvalue weighted by atomic mass is 9.83. The van der Waals surface area contributed by atoms with E-state index in [0.717, 1.165) is 17.3 Å². The summed E-state index contributed by atoms with van der Waals surface area (Å²) in [6.45, 7) is 0. The van der Waals surface area contributed by atoms with Gasteiger partial charge in [0, 0.05) is 12.4 Å². The smallest absolute Gasteiger partial charge is 0.174 e. The van der Waals surface area contributed by atoms with Crippen LogP contribution in [-0.2, 0) is 12.8 Å². The first kappa shape index (κ1) is 23.1. The SMILES string of the molecule is S=c1[nH]cc(-c2ccc3c(c2)CCCC3)[nH]1.S=c1[nH]cc(-c2cccc(C3CCCCC3)c2)[nH]1. The summed E-state index contributed by atoms with van der Waals surface area (Å²) in [5.41, 5.74) is 9.12. The number of benzene rings is 2. The summed E-state index contributed by atoms with van der Waals surface area (Å²) in [5, 5.41) is 0. The fourth-order valence-corrected chi connectivity index (χ4v) is 5.61. The summed E-state index contributed by atoms with van der Waals surface area (Å²) in [6.07, 6.45) is 15.8. The van der Waals surface area contributed by atoms with Crippen molar-refractivity contribution in [2.75, 3.05) is 0 Å². The lowest BCUT2D eigenvalue weighted by Gasteiger charge is -2.22. The second-order valence-corrected chi connectivity index (χ2v) is 10.3. The van der Waals surface area contributed by atoms with Crippen LogP contribution >= 0.6 is 24.4 Å². The number of aromatic nitrogens is 4. The zero-order valence-corrected chi connectivity index (χ0v) is 21.1. The lowest BCUT2D eigenvalue weighted by molar-refractivity contribution is 0.443. The van der Waals surface area contributed by atoms with Crippen molar-refractivity contribution < 1.29 is 0 Å². The van der Waals surface area contributed by atoms with Crippen molar-refractivity contribution in [1.82, 2.24) is 19.9 Å². The second-order valence-electron chi connectivity index (χ2n) is 9.46. The molecule has 4 N–H and O–H groups in total. The predicted molar refractivity (Wildman–Crippen MR) is 145 cm³/mol. The average molecular weight is 489 g/mol. The van der Waals surface area contributed by atoms with Gasteiger partial charge in [0.1, 0.15) is 0 Å². The summed E-state index contributed by atoms with van der Waals surface area (Å²) in [4.78, 5) is 12.4. The number of fused-ring (bicyclic) bond motifs is 1. The van der Waals surface area contributed by atoms with Gasteiger partial charge in [0.2, 0.25) is 0 Å². The molecule has 0 aliphatic heterocycles. The Morgan fingerprint density at radius 2 is 1.29 bits per heavy atom. The van der Waals surface area contributed by atoms with E-state index in [1.165, 1.54) is 85.6 Å². The minimum atomic E-state index is 0.688. The molecule has 0 unspecified atom stereocenters. The highest BCUT2D eigenvalue weighted by atomic mass is 32.1. The highest BCUT2D eigenvalue weighted by Gasteiger charge is 2.16. The van der Waals surface area contributed by atoms with Gasteiger partial charge in [-0.1, -0.05) is 49.6 Å². The standard InChI is InChI=1S/C15H18N2S.C13H14N2S/c18-15-16-10-14(17-15)13-8-4-7-12(9-13)11-5-2-1-3-6-11;16-13-14-8-12(15-13)11-6-5-9-3-1-2-4-10(9)7-11/h4,7-11H,1-3,5-6H2,(H2,16,17,18);5-8H,1-4H2,(H2,14,15,16). The van der Waals surface area contributed by atoms with Crippen LogP contribution in [0.15, 0.2) is 54.9 Å². The van der Waals surface area contributed by atoms with E-state index < -0.39 is 0 Å². The molecule has 2 aliphatic rings. The summed E-state index contributed by atoms with van der Waals surface area (Å²) in [6, 6.07) is 15.6. The molecule has 1 fully saturated rings. The molecular formula is C28H32N4S2. The van der Waals surface area contributed by atoms with Crippen LogP contribution in [0.3, 0.4) is 0 Å². The number of nitrogens with one attached hydrogen (secondary N) is 4. The molecule has 4 nitrogen and oxygen atoms in total. The molecule has 1 saturated carbocycles. The fourth-order valence-electron chi connectivity index (χ4n) is 5.27. The molecule has 0 radical (unpaired) electrons. The third-order valence-electron chi connectivity index (χ3n) is 7.13. The van der Waals surface area contributed by atoms with Gasteiger partial charge in [-0.25, -0.2) is 0 Å². The van der Waals surface area contributed by atoms with E-state index in [2.05, 4.69) is 62.4 Å². The Balaban J connectivity index is 0.000000142. The fraction of sp³-hybridized carbons (Fsp3) is 0.357. The van der Waals surface area contributed by atoms with Crippen molar-refractivity contribution in [2.24, 2.45) is 0 Å². The molecule has 2 aliphatic carbocycles. The third kappa shape index (κ3) is 5.50. The van der Waals surface area contributed by atoms with E-state index in [9.17, 15) is 0 Å². The molecule has 0 atom stereocenters. The van der Waals surface area contributed by atoms with Crippen LogP contribution in [0.4, 0.5) is 0 Å². The minimum absolute atomic E-state index is 0.688. The van der Waals surface area contributed by atoms with Gasteiger partial charge < -0.3 is 19.9 Å². The first-order chi connectivity index (χ1) is 16.7. The number of imidazole rings is 2. The van der Waals surface area contributed by atoms with Crippen LogP contribution < -0.4 is 0 Å². The van der Waals surface area contributed by atoms with Crippen molar-refractivity contribution in [3.8, 4) is 22.5 Å². The first-order valence-corrected chi connectivity index (χ1v) is 13.3. The molecule has 2 heterocycles. The van der Waals surface area contributed by atoms with Crippen LogP contribution in [0.5, 0.6) is 0 Å². The van der Waals surface area contributed by atoms with E-state index in [4.69, 9.17) is 24.4 Å². The molecule has 34 heavy (non-hydrogen) atoms. The van der Waals surface area contributed by atoms with Crippen molar-refractivity contribution in [3.05, 3.63) is 81.1 Å². The Labute approximate surface area is 211 Å². The van der Waals surface area contributed by atoms with Gasteiger partial charge in [0.05, 0.1) is 11.4 Å². The first-order valence-electron chi connectivity index (χ1n) is 12.4. The molecule has 0 bridgehead atoms. The number of aryl methyl sites for hydroxylation is 2. The second kappa shape index (κ2) is 10.7. The summed E-state index contributed by atoms with van der Waals surface area (Å²) >= 11 is 10.1. The van der Waals surface area contributed by atoms with E-state index in [0.29, 0.717) is 9.54 Å². The maximum absolute atomic E-state index is 5.08. The molecule has 6 rings (SSSR count). The van der Waals surface area contributed by atoms with Gasteiger partial charge >= 0.3 is 0 Å². The Kier molecular flexibility index (Phi) is 7.26. The number of hydrogen-bond donors (Lipinski definition) is 4. The number of rotatable bonds is 3. The molecule has 4 aromatic rings. The van der Waals surface area contributed by atoms with Gasteiger partial charge in [-0.15, -0.1) is 0 Å². The number of aromatic amines is 4. The quantitative estimate of drug-likeness (QED) is 0.219. The number of H-pyrrole nitrogens is 4. The highest BCUT2D eigenvalue weighted by Crippen LogP contribution is 2.34. The molecule has 176 valence electrons. The lowest BCUT2D eigenvalue weighted by Crippen LogP contribution is -2.04. The number of hydrogen-bond acceptors (Lipinski definition) is 2. The largest absolute Gasteiger partial charge is 0.337 e. The molecule has 0 saturated heterocycles. The van der Waals surface area contributed by atoms with Crippen molar-refractivity contribution >= 4 is 24.4 Å². The van der Waals surface area contributed by atoms with E-state index >= 15 is 0 Å². The van der Waals surface area contributed by atoms with E-state index in [-0.39, 0.29) is 0 Å². The van der Waals surface area contributed by atoms with Crippen LogP contribution in [0.25, 0.3) is 22.5 Å². The molecule has 2 aromatic heterocycles. The molecular weight excluding hydrogens is 456 g/mol. The summed E-state index contributed by atoms with van der Waals surface area (Å²) in [5.74, 6) is 0.751. The Bertz CT molecular complexity index is 1350. The van der Waals surface area contributed by atoms with E-state index in [1.807, 2.05) is 12.4 Å². The Morgan fingerprint density at radius 1 is 0.647 bits per heavy atom. The predicted octanol–water partition coefficient (Wildman–Crippen LogP) is 8.41. The molecule has 0 spiro atoms. The summed E-state index contributed by atoms with van der Waals surface area (Å²) in [7, 11) is 0. The van der Waals surface area contributed by atoms with Crippen LogP contribution in [0.2, 0.25) is 0 Å². The van der Waals surface area contributed by atoms with Crippen LogP contribution in [-0.4, -0.2) is 19.9 Å². The molecule has 0 amide bonds. The normalized spacial score (nSPS) is 15.9. The minimum Gasteiger partial charge on any atom is -0.337 e. The van der Waals surface area contributed by atoms with Crippen LogP contribution in [0.1, 0.15) is 67.6 Å². The monoisotopic (exact) mass is 488 g/mol. The summed E-state index contributed by atoms with van der Waals surface area (Å²) < 4.78 is 1.38. The van der Waals surface area contributed by atoms with E-state index in [1.54, 1.807) is 0 Å². The zero-order chi connectivity index (χ0) is 23.3. The van der Waals surface area contributed by atoms with Gasteiger partial charge in [0.25, 0.3) is 0 Å². The van der Waals surface area contributed by atoms with Gasteiger partial charge in [-0.05, 0) is 109 Å². The molecule has 6 heteroatoms. The topological polar surface area (TPSA) is 63.2 Å². The maximum atomic E-state index is 5.08. The van der Waals surface area contributed by atoms with Crippen molar-refractivity contribution in [2.45, 2.75) is 63.7 Å². The van der Waals surface area contributed by atoms with Crippen molar-refractivity contribution in [3.63, 3.8) is 0 Å². The maximum Gasteiger partial charge on any atom is 0.174 e.